The van der Waals surface area contributed by atoms with Gasteiger partial charge in [-0.2, -0.15) is 4.98 Å². The number of nitrogens with zero attached hydrogens (tertiary/aromatic N) is 4. The molecule has 1 aliphatic heterocycles. The number of hydrogen-bond acceptors (Lipinski definition) is 5. The highest BCUT2D eigenvalue weighted by molar-refractivity contribution is 5.67. The van der Waals surface area contributed by atoms with Crippen LogP contribution in [0, 0.1) is 13.8 Å². The van der Waals surface area contributed by atoms with Gasteiger partial charge in [-0.3, -0.25) is 4.57 Å². The van der Waals surface area contributed by atoms with Crippen LogP contribution in [-0.4, -0.2) is 35.9 Å². The van der Waals surface area contributed by atoms with Gasteiger partial charge in [0.05, 0.1) is 18.5 Å². The average molecular weight is 378 g/mol. The molecule has 0 radical (unpaired) electrons. The van der Waals surface area contributed by atoms with E-state index < -0.39 is 0 Å². The molecule has 0 saturated heterocycles. The summed E-state index contributed by atoms with van der Waals surface area (Å²) in [6.07, 6.45) is 0. The second kappa shape index (κ2) is 6.78. The maximum atomic E-state index is 10.3. The average Bonchev–Trinajstić information content (AvgIpc) is 2.98. The van der Waals surface area contributed by atoms with Gasteiger partial charge in [0.1, 0.15) is 5.75 Å². The van der Waals surface area contributed by atoms with E-state index >= 15 is 0 Å². The van der Waals surface area contributed by atoms with Gasteiger partial charge in [0, 0.05) is 38.4 Å². The number of benzene rings is 2. The molecule has 2 aromatic carbocycles. The van der Waals surface area contributed by atoms with Crippen molar-refractivity contribution < 1.29 is 9.84 Å². The monoisotopic (exact) mass is 378 g/mol. The van der Waals surface area contributed by atoms with Crippen molar-refractivity contribution in [3.05, 3.63) is 58.8 Å². The summed E-state index contributed by atoms with van der Waals surface area (Å²) in [6, 6.07) is 12.3. The Morgan fingerprint density at radius 2 is 1.82 bits per heavy atom. The van der Waals surface area contributed by atoms with Crippen LogP contribution in [0.15, 0.2) is 36.4 Å². The summed E-state index contributed by atoms with van der Waals surface area (Å²) in [5.41, 5.74) is 6.72. The summed E-state index contributed by atoms with van der Waals surface area (Å²) >= 11 is 0. The maximum Gasteiger partial charge on any atom is 0.234 e. The summed E-state index contributed by atoms with van der Waals surface area (Å²) in [4.78, 5) is 8.81. The number of aromatic hydroxyl groups is 1. The lowest BCUT2D eigenvalue weighted by atomic mass is 10.0. The van der Waals surface area contributed by atoms with Crippen LogP contribution in [0.5, 0.6) is 11.6 Å². The van der Waals surface area contributed by atoms with Crippen molar-refractivity contribution in [2.24, 2.45) is 0 Å². The van der Waals surface area contributed by atoms with Crippen molar-refractivity contribution in [3.63, 3.8) is 0 Å². The van der Waals surface area contributed by atoms with Crippen LogP contribution in [-0.2, 0) is 13.1 Å². The van der Waals surface area contributed by atoms with Crippen LogP contribution in [0.1, 0.15) is 22.4 Å². The van der Waals surface area contributed by atoms with Crippen LogP contribution in [0.25, 0.3) is 5.69 Å². The van der Waals surface area contributed by atoms with Crippen molar-refractivity contribution in [2.75, 3.05) is 31.0 Å². The van der Waals surface area contributed by atoms with Crippen molar-refractivity contribution in [1.82, 2.24) is 9.55 Å². The molecule has 0 saturated carbocycles. The molecule has 6 heteroatoms. The molecule has 0 fully saturated rings. The summed E-state index contributed by atoms with van der Waals surface area (Å²) < 4.78 is 7.32. The van der Waals surface area contributed by atoms with Crippen LogP contribution in [0.2, 0.25) is 0 Å². The minimum absolute atomic E-state index is 0.0805. The van der Waals surface area contributed by atoms with Crippen LogP contribution < -0.4 is 14.5 Å². The van der Waals surface area contributed by atoms with Crippen molar-refractivity contribution >= 4 is 11.6 Å². The maximum absolute atomic E-state index is 10.3. The van der Waals surface area contributed by atoms with E-state index in [0.29, 0.717) is 6.54 Å². The molecule has 4 rings (SSSR count). The Balaban J connectivity index is 1.80. The van der Waals surface area contributed by atoms with Gasteiger partial charge in [-0.15, -0.1) is 0 Å². The predicted octanol–water partition coefficient (Wildman–Crippen LogP) is 3.79. The summed E-state index contributed by atoms with van der Waals surface area (Å²) in [7, 11) is 5.79. The van der Waals surface area contributed by atoms with E-state index in [1.54, 1.807) is 7.11 Å². The first kappa shape index (κ1) is 18.2. The second-order valence-electron chi connectivity index (χ2n) is 7.46. The summed E-state index contributed by atoms with van der Waals surface area (Å²) in [6.45, 7) is 5.51. The third kappa shape index (κ3) is 2.85. The molecule has 2 heterocycles. The molecule has 1 N–H and O–H groups in total. The van der Waals surface area contributed by atoms with Crippen molar-refractivity contribution in [1.29, 1.82) is 0 Å². The zero-order valence-electron chi connectivity index (χ0n) is 17.0. The number of imidazole rings is 1. The topological polar surface area (TPSA) is 53.8 Å². The number of rotatable bonds is 4. The first-order valence-electron chi connectivity index (χ1n) is 9.37. The Morgan fingerprint density at radius 3 is 2.46 bits per heavy atom. The third-order valence-corrected chi connectivity index (χ3v) is 5.50. The molecular weight excluding hydrogens is 352 g/mol. The van der Waals surface area contributed by atoms with E-state index in [4.69, 9.17) is 4.74 Å². The predicted molar refractivity (Wildman–Crippen MR) is 112 cm³/mol. The first-order chi connectivity index (χ1) is 13.4. The van der Waals surface area contributed by atoms with Gasteiger partial charge >= 0.3 is 0 Å². The molecule has 1 aromatic heterocycles. The Bertz CT molecular complexity index is 1020. The van der Waals surface area contributed by atoms with Crippen LogP contribution >= 0.6 is 0 Å². The Labute approximate surface area is 165 Å². The zero-order chi connectivity index (χ0) is 20.0. The standard InChI is InChI=1S/C22H26N4O2/c1-14-18-13-25(12-16-6-8-17(28-5)9-7-16)22-23-21(27)15(2)26(22)20(18)11-10-19(14)24(3)4/h6-11,27H,12-13H2,1-5H3. The van der Waals surface area contributed by atoms with E-state index in [-0.39, 0.29) is 5.88 Å². The fourth-order valence-corrected chi connectivity index (χ4v) is 3.94. The fourth-order valence-electron chi connectivity index (χ4n) is 3.94. The molecular formula is C22H26N4O2. The Hall–Kier alpha value is -3.15. The van der Waals surface area contributed by atoms with Gasteiger partial charge in [-0.1, -0.05) is 12.1 Å². The molecule has 0 amide bonds. The Morgan fingerprint density at radius 1 is 1.11 bits per heavy atom. The molecule has 0 bridgehead atoms. The number of ether oxygens (including phenoxy) is 1. The molecule has 0 atom stereocenters. The number of hydrogen-bond donors (Lipinski definition) is 1. The van der Waals surface area contributed by atoms with Gasteiger partial charge in [0.2, 0.25) is 11.8 Å². The second-order valence-corrected chi connectivity index (χ2v) is 7.46. The van der Waals surface area contributed by atoms with E-state index in [9.17, 15) is 5.11 Å². The van der Waals surface area contributed by atoms with E-state index in [0.717, 1.165) is 35.2 Å². The van der Waals surface area contributed by atoms with E-state index in [1.807, 2.05) is 19.1 Å². The number of methoxy groups -OCH3 is 1. The fraction of sp³-hybridized carbons (Fsp3) is 0.318. The summed E-state index contributed by atoms with van der Waals surface area (Å²) in [5.74, 6) is 1.70. The van der Waals surface area contributed by atoms with Crippen LogP contribution in [0.3, 0.4) is 0 Å². The molecule has 0 spiro atoms. The van der Waals surface area contributed by atoms with Crippen molar-refractivity contribution in [2.45, 2.75) is 26.9 Å². The first-order valence-corrected chi connectivity index (χ1v) is 9.37. The number of aromatic nitrogens is 2. The van der Waals surface area contributed by atoms with Crippen LogP contribution in [0.4, 0.5) is 11.6 Å². The molecule has 6 nitrogen and oxygen atoms in total. The third-order valence-electron chi connectivity index (χ3n) is 5.50. The lowest BCUT2D eigenvalue weighted by Crippen LogP contribution is -2.31. The normalized spacial score (nSPS) is 12.5. The minimum Gasteiger partial charge on any atom is -0.497 e. The van der Waals surface area contributed by atoms with Gasteiger partial charge in [-0.25, -0.2) is 0 Å². The highest BCUT2D eigenvalue weighted by atomic mass is 16.5. The molecule has 3 aromatic rings. The van der Waals surface area contributed by atoms with Gasteiger partial charge < -0.3 is 19.6 Å². The molecule has 146 valence electrons. The lowest BCUT2D eigenvalue weighted by Gasteiger charge is -2.33. The number of anilines is 2. The SMILES string of the molecule is COc1ccc(CN2Cc3c(ccc(N(C)C)c3C)-n3c2nc(O)c3C)cc1. The molecule has 0 aliphatic carbocycles. The van der Waals surface area contributed by atoms with E-state index in [1.165, 1.54) is 16.8 Å². The molecule has 28 heavy (non-hydrogen) atoms. The quantitative estimate of drug-likeness (QED) is 0.749. The largest absolute Gasteiger partial charge is 0.497 e. The van der Waals surface area contributed by atoms with Gasteiger partial charge in [0.15, 0.2) is 0 Å². The lowest BCUT2D eigenvalue weighted by molar-refractivity contribution is 0.414. The minimum atomic E-state index is 0.0805. The highest BCUT2D eigenvalue weighted by Crippen LogP contribution is 2.39. The smallest absolute Gasteiger partial charge is 0.234 e. The van der Waals surface area contributed by atoms with E-state index in [2.05, 4.69) is 64.6 Å². The zero-order valence-corrected chi connectivity index (χ0v) is 17.0. The van der Waals surface area contributed by atoms with Gasteiger partial charge in [-0.05, 0) is 49.2 Å². The molecule has 1 aliphatic rings. The van der Waals surface area contributed by atoms with Gasteiger partial charge in [0.25, 0.3) is 0 Å². The number of fused-ring (bicyclic) bond motifs is 3. The Kier molecular flexibility index (Phi) is 4.41. The molecule has 0 unspecified atom stereocenters. The van der Waals surface area contributed by atoms with Crippen molar-refractivity contribution in [3.8, 4) is 17.3 Å². The summed E-state index contributed by atoms with van der Waals surface area (Å²) in [5, 5.41) is 10.3. The highest BCUT2D eigenvalue weighted by Gasteiger charge is 2.29.